The lowest BCUT2D eigenvalue weighted by Gasteiger charge is -2.36. The maximum atomic E-state index is 6.14. The summed E-state index contributed by atoms with van der Waals surface area (Å²) in [6, 6.07) is 8.47. The van der Waals surface area contributed by atoms with Gasteiger partial charge in [-0.25, -0.2) is 0 Å². The van der Waals surface area contributed by atoms with Crippen molar-refractivity contribution in [1.29, 1.82) is 0 Å². The van der Waals surface area contributed by atoms with Crippen molar-refractivity contribution in [3.05, 3.63) is 34.9 Å². The van der Waals surface area contributed by atoms with Gasteiger partial charge in [0.15, 0.2) is 0 Å². The first kappa shape index (κ1) is 14.5. The minimum Gasteiger partial charge on any atom is -0.329 e. The van der Waals surface area contributed by atoms with Gasteiger partial charge in [-0.3, -0.25) is 4.90 Å². The molecule has 0 spiro atoms. The summed E-state index contributed by atoms with van der Waals surface area (Å²) >= 11 is 0. The Bertz CT molecular complexity index is 427. The second-order valence-electron chi connectivity index (χ2n) is 6.05. The summed E-state index contributed by atoms with van der Waals surface area (Å²) in [7, 11) is 0. The Kier molecular flexibility index (Phi) is 4.64. The Balaban J connectivity index is 2.35. The summed E-state index contributed by atoms with van der Waals surface area (Å²) in [5.74, 6) is 0. The van der Waals surface area contributed by atoms with Crippen LogP contribution >= 0.6 is 0 Å². The third-order valence-corrected chi connectivity index (χ3v) is 4.70. The Labute approximate surface area is 118 Å². The second-order valence-corrected chi connectivity index (χ2v) is 6.05. The molecule has 2 heteroatoms. The van der Waals surface area contributed by atoms with Crippen LogP contribution in [0.5, 0.6) is 0 Å². The molecule has 0 amide bonds. The molecule has 0 radical (unpaired) electrons. The molecule has 2 rings (SSSR count). The molecule has 2 N–H and O–H groups in total. The van der Waals surface area contributed by atoms with Gasteiger partial charge in [-0.05, 0) is 51.2 Å². The first-order valence-corrected chi connectivity index (χ1v) is 7.63. The van der Waals surface area contributed by atoms with E-state index in [1.54, 1.807) is 0 Å². The van der Waals surface area contributed by atoms with Crippen LogP contribution in [0, 0.1) is 13.8 Å². The van der Waals surface area contributed by atoms with Gasteiger partial charge in [-0.15, -0.1) is 0 Å². The number of nitrogens with zero attached hydrogens (tertiary/aromatic N) is 1. The number of hydrogen-bond donors (Lipinski definition) is 1. The number of nitrogens with two attached hydrogens (primary N) is 1. The highest BCUT2D eigenvalue weighted by Crippen LogP contribution is 2.35. The largest absolute Gasteiger partial charge is 0.329 e. The zero-order valence-corrected chi connectivity index (χ0v) is 12.8. The summed E-state index contributed by atoms with van der Waals surface area (Å²) < 4.78 is 0. The molecule has 3 atom stereocenters. The van der Waals surface area contributed by atoms with E-state index in [0.717, 1.165) is 0 Å². The second kappa shape index (κ2) is 6.06. The first-order chi connectivity index (χ1) is 9.08. The highest BCUT2D eigenvalue weighted by atomic mass is 15.2. The van der Waals surface area contributed by atoms with E-state index in [-0.39, 0.29) is 0 Å². The lowest BCUT2D eigenvalue weighted by molar-refractivity contribution is 0.136. The SMILES string of the molecule is CCC1CCC(C)N1C(CN)c1cc(C)ccc1C. The van der Waals surface area contributed by atoms with Crippen molar-refractivity contribution in [2.45, 2.75) is 65.1 Å². The van der Waals surface area contributed by atoms with Crippen LogP contribution in [0.15, 0.2) is 18.2 Å². The van der Waals surface area contributed by atoms with E-state index in [4.69, 9.17) is 5.73 Å². The molecule has 3 unspecified atom stereocenters. The number of aryl methyl sites for hydroxylation is 2. The van der Waals surface area contributed by atoms with Crippen LogP contribution in [0.3, 0.4) is 0 Å². The third-order valence-electron chi connectivity index (χ3n) is 4.70. The maximum Gasteiger partial charge on any atom is 0.0478 e. The van der Waals surface area contributed by atoms with Gasteiger partial charge in [0.2, 0.25) is 0 Å². The van der Waals surface area contributed by atoms with Gasteiger partial charge in [0.25, 0.3) is 0 Å². The van der Waals surface area contributed by atoms with E-state index < -0.39 is 0 Å². The van der Waals surface area contributed by atoms with Crippen LogP contribution in [-0.2, 0) is 0 Å². The molecule has 2 nitrogen and oxygen atoms in total. The molecule has 0 saturated carbocycles. The lowest BCUT2D eigenvalue weighted by Crippen LogP contribution is -2.41. The number of likely N-dealkylation sites (tertiary alicyclic amines) is 1. The van der Waals surface area contributed by atoms with Crippen molar-refractivity contribution >= 4 is 0 Å². The maximum absolute atomic E-state index is 6.14. The van der Waals surface area contributed by atoms with Gasteiger partial charge in [-0.2, -0.15) is 0 Å². The van der Waals surface area contributed by atoms with Gasteiger partial charge in [-0.1, -0.05) is 30.7 Å². The third kappa shape index (κ3) is 2.85. The van der Waals surface area contributed by atoms with Crippen LogP contribution in [0.4, 0.5) is 0 Å². The predicted octanol–water partition coefficient (Wildman–Crippen LogP) is 3.57. The first-order valence-electron chi connectivity index (χ1n) is 7.63. The minimum absolute atomic E-state index is 0.377. The van der Waals surface area contributed by atoms with E-state index in [2.05, 4.69) is 50.8 Å². The Morgan fingerprint density at radius 3 is 2.68 bits per heavy atom. The summed E-state index contributed by atoms with van der Waals surface area (Å²) in [6.45, 7) is 9.74. The van der Waals surface area contributed by atoms with E-state index in [1.165, 1.54) is 36.0 Å². The van der Waals surface area contributed by atoms with Crippen molar-refractivity contribution in [2.24, 2.45) is 5.73 Å². The Hall–Kier alpha value is -0.860. The van der Waals surface area contributed by atoms with Crippen molar-refractivity contribution in [3.8, 4) is 0 Å². The van der Waals surface area contributed by atoms with Gasteiger partial charge in [0.1, 0.15) is 0 Å². The molecule has 1 aliphatic rings. The van der Waals surface area contributed by atoms with Crippen LogP contribution in [-0.4, -0.2) is 23.5 Å². The predicted molar refractivity (Wildman–Crippen MR) is 82.3 cm³/mol. The average molecular weight is 260 g/mol. The molecule has 19 heavy (non-hydrogen) atoms. The average Bonchev–Trinajstić information content (AvgIpc) is 2.76. The van der Waals surface area contributed by atoms with E-state index in [0.29, 0.717) is 24.7 Å². The summed E-state index contributed by atoms with van der Waals surface area (Å²) in [6.07, 6.45) is 3.85. The molecular weight excluding hydrogens is 232 g/mol. The lowest BCUT2D eigenvalue weighted by atomic mass is 9.96. The monoisotopic (exact) mass is 260 g/mol. The molecule has 1 aromatic carbocycles. The highest BCUT2D eigenvalue weighted by molar-refractivity contribution is 5.33. The van der Waals surface area contributed by atoms with Crippen molar-refractivity contribution in [1.82, 2.24) is 4.90 Å². The molecule has 1 fully saturated rings. The fourth-order valence-corrected chi connectivity index (χ4v) is 3.60. The Morgan fingerprint density at radius 1 is 1.32 bits per heavy atom. The molecular formula is C17H28N2. The standard InChI is InChI=1S/C17H28N2/c1-5-15-9-8-14(4)19(15)17(11-18)16-10-12(2)6-7-13(16)3/h6-7,10,14-15,17H,5,8-9,11,18H2,1-4H3. The zero-order chi connectivity index (χ0) is 14.0. The Morgan fingerprint density at radius 2 is 2.05 bits per heavy atom. The fourth-order valence-electron chi connectivity index (χ4n) is 3.60. The van der Waals surface area contributed by atoms with Crippen LogP contribution in [0.1, 0.15) is 55.8 Å². The summed E-state index contributed by atoms with van der Waals surface area (Å²) in [4.78, 5) is 2.67. The summed E-state index contributed by atoms with van der Waals surface area (Å²) in [5.41, 5.74) is 10.3. The van der Waals surface area contributed by atoms with Gasteiger partial charge in [0, 0.05) is 24.7 Å². The van der Waals surface area contributed by atoms with Gasteiger partial charge < -0.3 is 5.73 Å². The smallest absolute Gasteiger partial charge is 0.0478 e. The van der Waals surface area contributed by atoms with E-state index in [1.807, 2.05) is 0 Å². The molecule has 1 heterocycles. The van der Waals surface area contributed by atoms with Crippen molar-refractivity contribution in [2.75, 3.05) is 6.54 Å². The van der Waals surface area contributed by atoms with Gasteiger partial charge >= 0.3 is 0 Å². The molecule has 1 saturated heterocycles. The van der Waals surface area contributed by atoms with E-state index >= 15 is 0 Å². The molecule has 1 aliphatic heterocycles. The molecule has 106 valence electrons. The fraction of sp³-hybridized carbons (Fsp3) is 0.647. The van der Waals surface area contributed by atoms with Crippen LogP contribution in [0.2, 0.25) is 0 Å². The summed E-state index contributed by atoms with van der Waals surface area (Å²) in [5, 5.41) is 0. The molecule has 0 aromatic heterocycles. The number of hydrogen-bond acceptors (Lipinski definition) is 2. The van der Waals surface area contributed by atoms with Gasteiger partial charge in [0.05, 0.1) is 0 Å². The minimum atomic E-state index is 0.377. The van der Waals surface area contributed by atoms with E-state index in [9.17, 15) is 0 Å². The van der Waals surface area contributed by atoms with Crippen molar-refractivity contribution < 1.29 is 0 Å². The zero-order valence-electron chi connectivity index (χ0n) is 12.8. The highest BCUT2D eigenvalue weighted by Gasteiger charge is 2.35. The van der Waals surface area contributed by atoms with Crippen molar-refractivity contribution in [3.63, 3.8) is 0 Å². The number of rotatable bonds is 4. The quantitative estimate of drug-likeness (QED) is 0.897. The molecule has 0 aliphatic carbocycles. The van der Waals surface area contributed by atoms with Crippen LogP contribution < -0.4 is 5.73 Å². The molecule has 1 aromatic rings. The number of benzene rings is 1. The topological polar surface area (TPSA) is 29.3 Å². The van der Waals surface area contributed by atoms with Crippen LogP contribution in [0.25, 0.3) is 0 Å². The molecule has 0 bridgehead atoms. The normalized spacial score (nSPS) is 25.7.